The van der Waals surface area contributed by atoms with Gasteiger partial charge in [0.05, 0.1) is 41.7 Å². The van der Waals surface area contributed by atoms with Crippen molar-refractivity contribution in [2.24, 2.45) is 0 Å². The zero-order valence-corrected chi connectivity index (χ0v) is 41.6. The van der Waals surface area contributed by atoms with Gasteiger partial charge in [-0.05, 0) is 63.5 Å². The number of piperidine rings is 2. The summed E-state index contributed by atoms with van der Waals surface area (Å²) in [6, 6.07) is 27.7. The molecule has 4 aliphatic heterocycles. The predicted molar refractivity (Wildman–Crippen MR) is 272 cm³/mol. The van der Waals surface area contributed by atoms with Gasteiger partial charge in [-0.3, -0.25) is 14.9 Å². The Kier molecular flexibility index (Phi) is 12.3. The normalized spacial score (nSPS) is 22.2. The second kappa shape index (κ2) is 18.6. The number of halogens is 3. The Morgan fingerprint density at radius 2 is 1.00 bits per heavy atom. The molecule has 2 unspecified atom stereocenters. The van der Waals surface area contributed by atoms with Crippen LogP contribution in [0.2, 0.25) is 0 Å². The summed E-state index contributed by atoms with van der Waals surface area (Å²) in [6.45, 7) is -0.957. The van der Waals surface area contributed by atoms with Crippen LogP contribution in [0, 0.1) is 0 Å². The molecule has 21 heteroatoms. The smallest absolute Gasteiger partial charge is 0.382 e. The first-order valence-electron chi connectivity index (χ1n) is 24.2. The molecule has 0 radical (unpaired) electrons. The van der Waals surface area contributed by atoms with Crippen molar-refractivity contribution in [1.82, 2.24) is 49.4 Å². The van der Waals surface area contributed by atoms with E-state index in [-0.39, 0.29) is 45.3 Å². The van der Waals surface area contributed by atoms with E-state index >= 15 is 0 Å². The first kappa shape index (κ1) is 48.5. The lowest BCUT2D eigenvalue weighted by atomic mass is 9.87. The number of pyridine rings is 2. The molecule has 0 spiro atoms. The summed E-state index contributed by atoms with van der Waals surface area (Å²) in [6.07, 6.45) is 10.7. The molecule has 16 nitrogen and oxygen atoms in total. The number of nitrogens with one attached hydrogen (secondary N) is 1. The number of benzene rings is 2. The van der Waals surface area contributed by atoms with Gasteiger partial charge >= 0.3 is 6.18 Å². The molecule has 0 aliphatic carbocycles. The maximum absolute atomic E-state index is 13.2. The van der Waals surface area contributed by atoms with Crippen molar-refractivity contribution in [3.8, 4) is 44.8 Å². The molecule has 2 aromatic carbocycles. The van der Waals surface area contributed by atoms with Crippen molar-refractivity contribution in [3.63, 3.8) is 0 Å². The van der Waals surface area contributed by atoms with E-state index in [1.165, 1.54) is 20.2 Å². The maximum Gasteiger partial charge on any atom is 0.401 e. The highest BCUT2D eigenvalue weighted by molar-refractivity contribution is 7.91. The van der Waals surface area contributed by atoms with Crippen LogP contribution < -0.4 is 16.8 Å². The lowest BCUT2D eigenvalue weighted by molar-refractivity contribution is -0.155. The van der Waals surface area contributed by atoms with Gasteiger partial charge in [-0.2, -0.15) is 32.4 Å². The molecule has 4 aliphatic rings. The fraction of sp³-hybridized carbons (Fsp3) is 0.346. The number of nitrogens with zero attached hydrogens (tertiary/aromatic N) is 9. The summed E-state index contributed by atoms with van der Waals surface area (Å²) < 4.78 is 93.8. The van der Waals surface area contributed by atoms with Crippen LogP contribution in [-0.4, -0.2) is 110 Å². The van der Waals surface area contributed by atoms with Crippen LogP contribution >= 0.6 is 0 Å². The first-order chi connectivity index (χ1) is 34.9. The van der Waals surface area contributed by atoms with Gasteiger partial charge in [0.1, 0.15) is 21.4 Å². The van der Waals surface area contributed by atoms with Crippen molar-refractivity contribution >= 4 is 42.6 Å². The molecule has 6 atom stereocenters. The second-order valence-electron chi connectivity index (χ2n) is 19.8. The SMILES string of the molecule is CS(=O)(=O)c1c(C2C[C@H]3CC[C@@H](C2)N3)nc2c(-c3ccc(-c4ccccc4)nc3)cnn2c1N.CS(=O)(=O)c1c(C2C[C@H]3CC[C@@H](C2)N3CC(F)(F)F)nc2c(-c3ccc(-c4ccccc4)nc3)cnn2c1N. The number of sulfone groups is 2. The minimum Gasteiger partial charge on any atom is -0.382 e. The molecule has 4 saturated heterocycles. The number of hydrogen-bond donors (Lipinski definition) is 3. The van der Waals surface area contributed by atoms with E-state index in [4.69, 9.17) is 21.4 Å². The number of nitrogen functional groups attached to an aromatic ring is 2. The summed E-state index contributed by atoms with van der Waals surface area (Å²) in [4.78, 5) is 20.5. The topological polar surface area (TPSA) is 222 Å². The predicted octanol–water partition coefficient (Wildman–Crippen LogP) is 8.16. The third-order valence-electron chi connectivity index (χ3n) is 14.8. The molecule has 12 rings (SSSR count). The summed E-state index contributed by atoms with van der Waals surface area (Å²) in [5, 5.41) is 12.4. The van der Waals surface area contributed by atoms with Gasteiger partial charge in [-0.25, -0.2) is 26.8 Å². The lowest BCUT2D eigenvalue weighted by Crippen LogP contribution is -2.47. The van der Waals surface area contributed by atoms with Gasteiger partial charge in [0.25, 0.3) is 0 Å². The summed E-state index contributed by atoms with van der Waals surface area (Å²) in [5.41, 5.74) is 21.3. The van der Waals surface area contributed by atoms with Crippen molar-refractivity contribution in [2.75, 3.05) is 30.5 Å². The van der Waals surface area contributed by atoms with Crippen LogP contribution in [0.25, 0.3) is 56.1 Å². The molecule has 4 fully saturated rings. The average molecular weight is 1030 g/mol. The molecule has 378 valence electrons. The number of alkyl halides is 3. The third-order valence-corrected chi connectivity index (χ3v) is 17.2. The molecule has 5 N–H and O–H groups in total. The molecule has 73 heavy (non-hydrogen) atoms. The zero-order chi connectivity index (χ0) is 51.0. The van der Waals surface area contributed by atoms with E-state index in [0.29, 0.717) is 66.0 Å². The second-order valence-corrected chi connectivity index (χ2v) is 23.7. The average Bonchev–Trinajstić information content (AvgIpc) is 4.13. The van der Waals surface area contributed by atoms with E-state index in [0.717, 1.165) is 71.1 Å². The fourth-order valence-electron chi connectivity index (χ4n) is 11.7. The largest absolute Gasteiger partial charge is 0.401 e. The fourth-order valence-corrected chi connectivity index (χ4v) is 13.8. The molecule has 4 bridgehead atoms. The van der Waals surface area contributed by atoms with Gasteiger partial charge in [0.2, 0.25) is 0 Å². The molecule has 0 saturated carbocycles. The standard InChI is InChI=1S/C27H27F3N6O2S.C25H26N6O2S/c1-39(37,38)24-23(18-11-19-8-9-20(12-18)35(19)15-27(28,29)30)34-26-21(14-33-36(26)25(24)31)17-7-10-22(32-13-17)16-5-3-2-4-6-16;1-34(32,33)23-22(17-11-18-8-9-19(12-17)29-18)30-25-20(14-28-31(25)24(23)26)16-7-10-21(27-13-16)15-5-3-2-4-6-15/h2-7,10,13-14,18-20H,8-9,11-12,15,31H2,1H3;2-7,10,13-14,17-19,29H,8-9,11-12,26H2,1H3/t18?,19-,20+;17?,18-,19+. The number of fused-ring (bicyclic) bond motifs is 6. The van der Waals surface area contributed by atoms with Gasteiger partial charge in [0, 0.05) is 94.3 Å². The minimum absolute atomic E-state index is 0.0390. The van der Waals surface area contributed by atoms with Crippen LogP contribution in [0.5, 0.6) is 0 Å². The monoisotopic (exact) mass is 1030 g/mol. The highest BCUT2D eigenvalue weighted by Gasteiger charge is 2.47. The molecule has 10 heterocycles. The van der Waals surface area contributed by atoms with Gasteiger partial charge < -0.3 is 16.8 Å². The van der Waals surface area contributed by atoms with Crippen LogP contribution in [0.1, 0.15) is 74.6 Å². The molecule has 8 aromatic rings. The molecule has 6 aromatic heterocycles. The Morgan fingerprint density at radius 3 is 1.38 bits per heavy atom. The summed E-state index contributed by atoms with van der Waals surface area (Å²) >= 11 is 0. The van der Waals surface area contributed by atoms with Gasteiger partial charge in [-0.1, -0.05) is 72.8 Å². The van der Waals surface area contributed by atoms with Crippen molar-refractivity contribution in [1.29, 1.82) is 0 Å². The van der Waals surface area contributed by atoms with Crippen LogP contribution in [0.4, 0.5) is 24.8 Å². The maximum atomic E-state index is 13.2. The van der Waals surface area contributed by atoms with E-state index in [1.807, 2.05) is 84.9 Å². The van der Waals surface area contributed by atoms with Gasteiger partial charge in [-0.15, -0.1) is 0 Å². The number of nitrogens with two attached hydrogens (primary N) is 2. The molecule has 0 amide bonds. The Labute approximate surface area is 419 Å². The van der Waals surface area contributed by atoms with Crippen molar-refractivity contribution < 1.29 is 30.0 Å². The third kappa shape index (κ3) is 9.42. The van der Waals surface area contributed by atoms with E-state index in [9.17, 15) is 30.0 Å². The highest BCUT2D eigenvalue weighted by atomic mass is 32.2. The number of aromatic nitrogens is 8. The Bertz CT molecular complexity index is 3570. The lowest BCUT2D eigenvalue weighted by Gasteiger charge is -2.39. The zero-order valence-electron chi connectivity index (χ0n) is 40.0. The first-order valence-corrected chi connectivity index (χ1v) is 28.0. The number of hydrogen-bond acceptors (Lipinski definition) is 14. The van der Waals surface area contributed by atoms with Crippen molar-refractivity contribution in [3.05, 3.63) is 121 Å². The van der Waals surface area contributed by atoms with Gasteiger partial charge in [0.15, 0.2) is 31.0 Å². The summed E-state index contributed by atoms with van der Waals surface area (Å²) in [7, 11) is -7.40. The Morgan fingerprint density at radius 1 is 0.575 bits per heavy atom. The van der Waals surface area contributed by atoms with Crippen molar-refractivity contribution in [2.45, 2.75) is 103 Å². The quantitative estimate of drug-likeness (QED) is 0.124. The summed E-state index contributed by atoms with van der Waals surface area (Å²) in [5.74, 6) is -0.237. The molecular weight excluding hydrogens is 978 g/mol. The molecular formula is C52H53F3N12O4S2. The van der Waals surface area contributed by atoms with E-state index in [2.05, 4.69) is 25.5 Å². The van der Waals surface area contributed by atoms with Crippen LogP contribution in [0.15, 0.2) is 120 Å². The van der Waals surface area contributed by atoms with E-state index < -0.39 is 32.4 Å². The Balaban J connectivity index is 0.000000159. The highest BCUT2D eigenvalue weighted by Crippen LogP contribution is 2.47. The van der Waals surface area contributed by atoms with Crippen LogP contribution in [-0.2, 0) is 19.7 Å². The minimum atomic E-state index is -4.29. The Hall–Kier alpha value is -6.81. The van der Waals surface area contributed by atoms with Crippen LogP contribution in [0.3, 0.4) is 0 Å². The van der Waals surface area contributed by atoms with E-state index in [1.54, 1.807) is 24.8 Å². The number of rotatable bonds is 9. The number of anilines is 2.